The lowest BCUT2D eigenvalue weighted by Gasteiger charge is -2.01. The molecule has 0 saturated heterocycles. The van der Waals surface area contributed by atoms with Crippen LogP contribution in [0.1, 0.15) is 0 Å². The molecule has 0 aliphatic heterocycles. The van der Waals surface area contributed by atoms with Crippen molar-refractivity contribution >= 4 is 27.4 Å². The fourth-order valence-electron chi connectivity index (χ4n) is 2.46. The van der Waals surface area contributed by atoms with Crippen LogP contribution in [-0.2, 0) is 0 Å². The highest BCUT2D eigenvalue weighted by Crippen LogP contribution is 2.33. The smallest absolute Gasteiger partial charge is 0.213 e. The van der Waals surface area contributed by atoms with E-state index in [2.05, 4.69) is 25.5 Å². The first-order valence-electron chi connectivity index (χ1n) is 7.00. The lowest BCUT2D eigenvalue weighted by molar-refractivity contribution is 0.585. The van der Waals surface area contributed by atoms with Crippen LogP contribution in [-0.4, -0.2) is 27.2 Å². The van der Waals surface area contributed by atoms with Crippen molar-refractivity contribution in [2.24, 2.45) is 0 Å². The number of H-pyrrole nitrogens is 1. The van der Waals surface area contributed by atoms with Crippen molar-refractivity contribution in [3.05, 3.63) is 48.5 Å². The van der Waals surface area contributed by atoms with Gasteiger partial charge in [-0.15, -0.1) is 10.2 Å². The number of nitrogens with zero attached hydrogens (tertiary/aromatic N) is 3. The van der Waals surface area contributed by atoms with E-state index in [1.807, 2.05) is 31.4 Å². The Kier molecular flexibility index (Phi) is 3.27. The van der Waals surface area contributed by atoms with E-state index < -0.39 is 5.95 Å². The quantitative estimate of drug-likeness (QED) is 0.560. The molecule has 0 amide bonds. The summed E-state index contributed by atoms with van der Waals surface area (Å²) in [6.07, 6.45) is 1.84. The Labute approximate surface area is 135 Å². The SMILES string of the molecule is CNc1nnc(-c2ccc3[nH]cc(-c4cccc(F)n4)c3c2)s1. The summed E-state index contributed by atoms with van der Waals surface area (Å²) in [4.78, 5) is 7.16. The molecule has 0 fully saturated rings. The van der Waals surface area contributed by atoms with Crippen molar-refractivity contribution in [2.45, 2.75) is 0 Å². The van der Waals surface area contributed by atoms with E-state index in [0.29, 0.717) is 5.69 Å². The number of aromatic nitrogens is 4. The van der Waals surface area contributed by atoms with Crippen molar-refractivity contribution in [1.82, 2.24) is 20.2 Å². The Bertz CT molecular complexity index is 991. The molecule has 0 bridgehead atoms. The highest BCUT2D eigenvalue weighted by Gasteiger charge is 2.11. The minimum Gasteiger partial charge on any atom is -0.363 e. The van der Waals surface area contributed by atoms with Crippen LogP contribution in [0.4, 0.5) is 9.52 Å². The third kappa shape index (κ3) is 2.44. The summed E-state index contributed by atoms with van der Waals surface area (Å²) in [6.45, 7) is 0. The highest BCUT2D eigenvalue weighted by molar-refractivity contribution is 7.18. The van der Waals surface area contributed by atoms with Crippen LogP contribution in [0.15, 0.2) is 42.6 Å². The number of nitrogens with one attached hydrogen (secondary N) is 2. The first kappa shape index (κ1) is 13.8. The van der Waals surface area contributed by atoms with E-state index in [4.69, 9.17) is 0 Å². The van der Waals surface area contributed by atoms with Gasteiger partial charge in [0.15, 0.2) is 0 Å². The van der Waals surface area contributed by atoms with E-state index in [9.17, 15) is 4.39 Å². The largest absolute Gasteiger partial charge is 0.363 e. The predicted octanol–water partition coefficient (Wildman–Crippen LogP) is 3.93. The molecule has 0 radical (unpaired) electrons. The lowest BCUT2D eigenvalue weighted by atomic mass is 10.1. The second-order valence-electron chi connectivity index (χ2n) is 4.97. The molecule has 3 heterocycles. The van der Waals surface area contributed by atoms with Gasteiger partial charge in [0.25, 0.3) is 0 Å². The normalized spacial score (nSPS) is 11.0. The number of pyridine rings is 1. The predicted molar refractivity (Wildman–Crippen MR) is 89.9 cm³/mol. The molecule has 2 N–H and O–H groups in total. The number of fused-ring (bicyclic) bond motifs is 1. The third-order valence-corrected chi connectivity index (χ3v) is 4.55. The van der Waals surface area contributed by atoms with Gasteiger partial charge in [-0.05, 0) is 30.3 Å². The summed E-state index contributed by atoms with van der Waals surface area (Å²) in [6, 6.07) is 10.8. The minimum atomic E-state index is -0.490. The number of hydrogen-bond donors (Lipinski definition) is 2. The van der Waals surface area contributed by atoms with Crippen molar-refractivity contribution < 1.29 is 4.39 Å². The van der Waals surface area contributed by atoms with Gasteiger partial charge in [0, 0.05) is 35.3 Å². The van der Waals surface area contributed by atoms with Gasteiger partial charge < -0.3 is 10.3 Å². The van der Waals surface area contributed by atoms with Crippen LogP contribution in [0.5, 0.6) is 0 Å². The molecule has 4 aromatic rings. The molecule has 1 aromatic carbocycles. The second-order valence-corrected chi connectivity index (χ2v) is 5.95. The first-order valence-corrected chi connectivity index (χ1v) is 7.82. The zero-order valence-corrected chi connectivity index (χ0v) is 13.0. The molecule has 3 aromatic heterocycles. The molecule has 0 spiro atoms. The Morgan fingerprint density at radius 1 is 1.17 bits per heavy atom. The van der Waals surface area contributed by atoms with Crippen LogP contribution < -0.4 is 5.32 Å². The zero-order chi connectivity index (χ0) is 15.8. The Morgan fingerprint density at radius 2 is 2.09 bits per heavy atom. The Balaban J connectivity index is 1.86. The molecule has 7 heteroatoms. The van der Waals surface area contributed by atoms with E-state index in [1.54, 1.807) is 12.1 Å². The highest BCUT2D eigenvalue weighted by atomic mass is 32.1. The Hall–Kier alpha value is -2.80. The van der Waals surface area contributed by atoms with Crippen LogP contribution >= 0.6 is 11.3 Å². The van der Waals surface area contributed by atoms with Crippen molar-refractivity contribution in [3.8, 4) is 21.8 Å². The maximum Gasteiger partial charge on any atom is 0.213 e. The molecule has 0 aliphatic rings. The average molecular weight is 325 g/mol. The second kappa shape index (κ2) is 5.44. The number of halogens is 1. The maximum atomic E-state index is 13.4. The summed E-state index contributed by atoms with van der Waals surface area (Å²) in [7, 11) is 1.81. The molecule has 4 rings (SSSR count). The van der Waals surface area contributed by atoms with Gasteiger partial charge in [-0.2, -0.15) is 4.39 Å². The van der Waals surface area contributed by atoms with Gasteiger partial charge in [-0.25, -0.2) is 4.98 Å². The fourth-order valence-corrected chi connectivity index (χ4v) is 3.16. The summed E-state index contributed by atoms with van der Waals surface area (Å²) >= 11 is 1.48. The fraction of sp³-hybridized carbons (Fsp3) is 0.0625. The van der Waals surface area contributed by atoms with Gasteiger partial charge in [0.1, 0.15) is 5.01 Å². The summed E-state index contributed by atoms with van der Waals surface area (Å²) < 4.78 is 13.4. The van der Waals surface area contributed by atoms with E-state index in [-0.39, 0.29) is 0 Å². The molecule has 0 unspecified atom stereocenters. The van der Waals surface area contributed by atoms with E-state index in [1.165, 1.54) is 17.4 Å². The number of benzene rings is 1. The average Bonchev–Trinajstić information content (AvgIpc) is 3.21. The molecule has 5 nitrogen and oxygen atoms in total. The lowest BCUT2D eigenvalue weighted by Crippen LogP contribution is -1.86. The van der Waals surface area contributed by atoms with Gasteiger partial charge in [-0.3, -0.25) is 0 Å². The standard InChI is InChI=1S/C16H12FN5S/c1-18-16-22-21-15(23-16)9-5-6-12-10(7-9)11(8-19-12)13-3-2-4-14(17)20-13/h2-8,19H,1H3,(H,18,22). The summed E-state index contributed by atoms with van der Waals surface area (Å²) in [5, 5.41) is 13.8. The molecule has 0 saturated carbocycles. The van der Waals surface area contributed by atoms with E-state index in [0.717, 1.165) is 32.2 Å². The van der Waals surface area contributed by atoms with Gasteiger partial charge >= 0.3 is 0 Å². The zero-order valence-electron chi connectivity index (χ0n) is 12.2. The van der Waals surface area contributed by atoms with Crippen LogP contribution in [0.2, 0.25) is 0 Å². The number of rotatable bonds is 3. The topological polar surface area (TPSA) is 66.5 Å². The summed E-state index contributed by atoms with van der Waals surface area (Å²) in [5.74, 6) is -0.490. The molecule has 23 heavy (non-hydrogen) atoms. The monoisotopic (exact) mass is 325 g/mol. The van der Waals surface area contributed by atoms with Crippen LogP contribution in [0.25, 0.3) is 32.7 Å². The van der Waals surface area contributed by atoms with Crippen molar-refractivity contribution in [2.75, 3.05) is 12.4 Å². The minimum absolute atomic E-state index is 0.490. The van der Waals surface area contributed by atoms with Gasteiger partial charge in [0.2, 0.25) is 11.1 Å². The first-order chi connectivity index (χ1) is 11.2. The molecule has 114 valence electrons. The summed E-state index contributed by atoms with van der Waals surface area (Å²) in [5.41, 5.74) is 3.39. The van der Waals surface area contributed by atoms with Gasteiger partial charge in [0.05, 0.1) is 5.69 Å². The maximum absolute atomic E-state index is 13.4. The van der Waals surface area contributed by atoms with Crippen LogP contribution in [0, 0.1) is 5.95 Å². The molecule has 0 atom stereocenters. The number of hydrogen-bond acceptors (Lipinski definition) is 5. The van der Waals surface area contributed by atoms with Crippen molar-refractivity contribution in [1.29, 1.82) is 0 Å². The number of aromatic amines is 1. The van der Waals surface area contributed by atoms with E-state index >= 15 is 0 Å². The van der Waals surface area contributed by atoms with Crippen LogP contribution in [0.3, 0.4) is 0 Å². The van der Waals surface area contributed by atoms with Gasteiger partial charge in [-0.1, -0.05) is 17.4 Å². The Morgan fingerprint density at radius 3 is 2.87 bits per heavy atom. The molecular weight excluding hydrogens is 313 g/mol. The number of anilines is 1. The third-order valence-electron chi connectivity index (χ3n) is 3.56. The van der Waals surface area contributed by atoms with Crippen molar-refractivity contribution in [3.63, 3.8) is 0 Å². The molecule has 0 aliphatic carbocycles. The molecular formula is C16H12FN5S.